The Morgan fingerprint density at radius 2 is 1.68 bits per heavy atom. The first-order valence-electron chi connectivity index (χ1n) is 9.88. The van der Waals surface area contributed by atoms with E-state index in [4.69, 9.17) is 5.73 Å². The van der Waals surface area contributed by atoms with Crippen LogP contribution in [0.3, 0.4) is 0 Å². The molecule has 28 heavy (non-hydrogen) atoms. The Labute approximate surface area is 165 Å². The molecule has 148 valence electrons. The highest BCUT2D eigenvalue weighted by Gasteiger charge is 2.23. The quantitative estimate of drug-likeness (QED) is 0.799. The van der Waals surface area contributed by atoms with E-state index in [-0.39, 0.29) is 24.1 Å². The largest absolute Gasteiger partial charge is 0.370 e. The van der Waals surface area contributed by atoms with Crippen LogP contribution in [0.5, 0.6) is 0 Å². The summed E-state index contributed by atoms with van der Waals surface area (Å²) in [6.07, 6.45) is 4.29. The minimum atomic E-state index is -0.301. The first kappa shape index (κ1) is 20.1. The van der Waals surface area contributed by atoms with Crippen molar-refractivity contribution >= 4 is 11.8 Å². The van der Waals surface area contributed by atoms with E-state index in [0.29, 0.717) is 18.8 Å². The van der Waals surface area contributed by atoms with Crippen molar-refractivity contribution in [3.05, 3.63) is 71.0 Å². The number of amides is 2. The molecule has 0 bridgehead atoms. The Morgan fingerprint density at radius 1 is 1.00 bits per heavy atom. The molecule has 1 aliphatic rings. The van der Waals surface area contributed by atoms with Crippen LogP contribution in [0.4, 0.5) is 4.39 Å². The minimum Gasteiger partial charge on any atom is -0.370 e. The minimum absolute atomic E-state index is 0.0721. The molecule has 2 amide bonds. The lowest BCUT2D eigenvalue weighted by molar-refractivity contribution is -0.131. The number of carbonyl (C=O) groups is 2. The second kappa shape index (κ2) is 9.49. The third-order valence-electron chi connectivity index (χ3n) is 5.42. The maximum absolute atomic E-state index is 13.3. The van der Waals surface area contributed by atoms with Crippen LogP contribution in [-0.4, -0.2) is 29.8 Å². The maximum Gasteiger partial charge on any atom is 0.226 e. The molecule has 3 rings (SSSR count). The topological polar surface area (TPSA) is 63.4 Å². The van der Waals surface area contributed by atoms with Crippen LogP contribution in [0, 0.1) is 11.7 Å². The normalized spacial score (nSPS) is 14.8. The van der Waals surface area contributed by atoms with Gasteiger partial charge in [0.25, 0.3) is 0 Å². The highest BCUT2D eigenvalue weighted by atomic mass is 19.1. The average Bonchev–Trinajstić information content (AvgIpc) is 2.68. The van der Waals surface area contributed by atoms with Crippen LogP contribution in [0.15, 0.2) is 48.5 Å². The third-order valence-corrected chi connectivity index (χ3v) is 5.42. The molecule has 0 radical (unpaired) electrons. The van der Waals surface area contributed by atoms with E-state index in [1.54, 1.807) is 12.1 Å². The van der Waals surface area contributed by atoms with Gasteiger partial charge in [-0.1, -0.05) is 36.4 Å². The Balaban J connectivity index is 1.44. The number of carbonyl (C=O) groups excluding carboxylic acids is 2. The highest BCUT2D eigenvalue weighted by molar-refractivity contribution is 5.78. The summed E-state index contributed by atoms with van der Waals surface area (Å²) in [5.41, 5.74) is 8.33. The number of piperidine rings is 1. The summed E-state index contributed by atoms with van der Waals surface area (Å²) in [4.78, 5) is 25.2. The fourth-order valence-electron chi connectivity index (χ4n) is 3.76. The molecule has 4 nitrogen and oxygen atoms in total. The summed E-state index contributed by atoms with van der Waals surface area (Å²) in [6.45, 7) is 1.52. The number of halogens is 1. The smallest absolute Gasteiger partial charge is 0.226 e. The molecule has 0 spiro atoms. The molecule has 0 unspecified atom stereocenters. The van der Waals surface area contributed by atoms with Gasteiger partial charge in [0.15, 0.2) is 0 Å². The summed E-state index contributed by atoms with van der Waals surface area (Å²) in [7, 11) is 0. The van der Waals surface area contributed by atoms with Crippen LogP contribution in [0.25, 0.3) is 0 Å². The van der Waals surface area contributed by atoms with Gasteiger partial charge < -0.3 is 10.6 Å². The van der Waals surface area contributed by atoms with E-state index < -0.39 is 0 Å². The molecule has 2 N–H and O–H groups in total. The number of rotatable bonds is 7. The lowest BCUT2D eigenvalue weighted by Crippen LogP contribution is -2.39. The van der Waals surface area contributed by atoms with Crippen molar-refractivity contribution in [2.75, 3.05) is 13.1 Å². The second-order valence-electron chi connectivity index (χ2n) is 7.62. The summed E-state index contributed by atoms with van der Waals surface area (Å²) in [5.74, 6) is 0.0602. The van der Waals surface area contributed by atoms with Crippen molar-refractivity contribution in [2.45, 2.75) is 38.5 Å². The fraction of sp³-hybridized carbons (Fsp3) is 0.391. The molecule has 1 saturated heterocycles. The summed E-state index contributed by atoms with van der Waals surface area (Å²) < 4.78 is 13.3. The number of hydrogen-bond acceptors (Lipinski definition) is 2. The van der Waals surface area contributed by atoms with Gasteiger partial charge >= 0.3 is 0 Å². The molecule has 1 aliphatic heterocycles. The van der Waals surface area contributed by atoms with Crippen molar-refractivity contribution in [3.63, 3.8) is 0 Å². The zero-order valence-corrected chi connectivity index (χ0v) is 16.1. The summed E-state index contributed by atoms with van der Waals surface area (Å²) >= 11 is 0. The van der Waals surface area contributed by atoms with Crippen LogP contribution in [-0.2, 0) is 28.9 Å². The predicted octanol–water partition coefficient (Wildman–Crippen LogP) is 3.27. The molecule has 5 heteroatoms. The third kappa shape index (κ3) is 5.91. The molecule has 0 atom stereocenters. The van der Waals surface area contributed by atoms with Gasteiger partial charge in [0.1, 0.15) is 5.82 Å². The zero-order valence-electron chi connectivity index (χ0n) is 16.1. The van der Waals surface area contributed by atoms with Crippen molar-refractivity contribution in [1.29, 1.82) is 0 Å². The number of benzene rings is 2. The average molecular weight is 382 g/mol. The van der Waals surface area contributed by atoms with E-state index in [2.05, 4.69) is 24.3 Å². The fourth-order valence-corrected chi connectivity index (χ4v) is 3.76. The molecular formula is C23H27FN2O2. The number of primary amides is 1. The molecule has 0 aromatic heterocycles. The molecule has 0 aliphatic carbocycles. The zero-order chi connectivity index (χ0) is 19.9. The maximum atomic E-state index is 13.3. The van der Waals surface area contributed by atoms with E-state index in [0.717, 1.165) is 43.5 Å². The molecule has 0 saturated carbocycles. The SMILES string of the molecule is NC(=O)CCc1ccc(CC2CCN(C(=O)Cc3cccc(F)c3)CC2)cc1. The second-order valence-corrected chi connectivity index (χ2v) is 7.62. The number of hydrogen-bond donors (Lipinski definition) is 1. The van der Waals surface area contributed by atoms with E-state index >= 15 is 0 Å². The predicted molar refractivity (Wildman–Crippen MR) is 107 cm³/mol. The number of nitrogens with zero attached hydrogens (tertiary/aromatic N) is 1. The van der Waals surface area contributed by atoms with E-state index in [1.807, 2.05) is 4.90 Å². The van der Waals surface area contributed by atoms with Gasteiger partial charge in [-0.15, -0.1) is 0 Å². The lowest BCUT2D eigenvalue weighted by atomic mass is 9.89. The summed E-state index contributed by atoms with van der Waals surface area (Å²) in [6, 6.07) is 14.6. The van der Waals surface area contributed by atoms with Gasteiger partial charge in [-0.2, -0.15) is 0 Å². The van der Waals surface area contributed by atoms with Crippen LogP contribution in [0.2, 0.25) is 0 Å². The van der Waals surface area contributed by atoms with Crippen LogP contribution in [0.1, 0.15) is 36.0 Å². The van der Waals surface area contributed by atoms with Gasteiger partial charge in [-0.05, 0) is 60.4 Å². The van der Waals surface area contributed by atoms with Crippen LogP contribution < -0.4 is 5.73 Å². The standard InChI is InChI=1S/C23H27FN2O2/c24-21-3-1-2-20(15-21)16-23(28)26-12-10-19(11-13-26)14-18-6-4-17(5-7-18)8-9-22(25)27/h1-7,15,19H,8-14,16H2,(H2,25,27). The molecule has 1 heterocycles. The molecule has 1 fully saturated rings. The van der Waals surface area contributed by atoms with Crippen molar-refractivity contribution < 1.29 is 14.0 Å². The van der Waals surface area contributed by atoms with E-state index in [9.17, 15) is 14.0 Å². The Kier molecular flexibility index (Phi) is 6.80. The number of nitrogens with two attached hydrogens (primary N) is 1. The van der Waals surface area contributed by atoms with Crippen molar-refractivity contribution in [3.8, 4) is 0 Å². The molecule has 2 aromatic rings. The van der Waals surface area contributed by atoms with Crippen LogP contribution >= 0.6 is 0 Å². The number of likely N-dealkylation sites (tertiary alicyclic amines) is 1. The van der Waals surface area contributed by atoms with Crippen molar-refractivity contribution in [1.82, 2.24) is 4.90 Å². The van der Waals surface area contributed by atoms with Gasteiger partial charge in [-0.25, -0.2) is 4.39 Å². The summed E-state index contributed by atoms with van der Waals surface area (Å²) in [5, 5.41) is 0. The highest BCUT2D eigenvalue weighted by Crippen LogP contribution is 2.23. The van der Waals surface area contributed by atoms with Gasteiger partial charge in [-0.3, -0.25) is 9.59 Å². The van der Waals surface area contributed by atoms with E-state index in [1.165, 1.54) is 17.7 Å². The van der Waals surface area contributed by atoms with Gasteiger partial charge in [0.2, 0.25) is 11.8 Å². The molecular weight excluding hydrogens is 355 g/mol. The van der Waals surface area contributed by atoms with Gasteiger partial charge in [0, 0.05) is 19.5 Å². The Hall–Kier alpha value is -2.69. The monoisotopic (exact) mass is 382 g/mol. The Morgan fingerprint density at radius 3 is 2.32 bits per heavy atom. The lowest BCUT2D eigenvalue weighted by Gasteiger charge is -2.32. The van der Waals surface area contributed by atoms with Crippen molar-refractivity contribution in [2.24, 2.45) is 11.7 Å². The first-order valence-corrected chi connectivity index (χ1v) is 9.88. The Bertz CT molecular complexity index is 812. The molecule has 2 aromatic carbocycles. The number of aryl methyl sites for hydroxylation is 1. The first-order chi connectivity index (χ1) is 13.5. The van der Waals surface area contributed by atoms with Gasteiger partial charge in [0.05, 0.1) is 6.42 Å².